The highest BCUT2D eigenvalue weighted by atomic mass is 32.2. The minimum Gasteiger partial charge on any atom is -0.383 e. The van der Waals surface area contributed by atoms with Crippen molar-refractivity contribution < 1.29 is 4.74 Å². The molecule has 2 aliphatic heterocycles. The van der Waals surface area contributed by atoms with Crippen molar-refractivity contribution in [2.75, 3.05) is 51.4 Å². The molecule has 22 heavy (non-hydrogen) atoms. The molecule has 0 bridgehead atoms. The summed E-state index contributed by atoms with van der Waals surface area (Å²) in [6, 6.07) is 0.840. The highest BCUT2D eigenvalue weighted by Crippen LogP contribution is 2.22. The van der Waals surface area contributed by atoms with E-state index in [0.29, 0.717) is 0 Å². The van der Waals surface area contributed by atoms with Gasteiger partial charge in [-0.3, -0.25) is 9.80 Å². The number of rotatable bonds is 6. The van der Waals surface area contributed by atoms with Crippen molar-refractivity contribution in [3.8, 4) is 0 Å². The van der Waals surface area contributed by atoms with E-state index in [1.54, 1.807) is 7.11 Å². The van der Waals surface area contributed by atoms with Crippen molar-refractivity contribution in [2.45, 2.75) is 32.0 Å². The molecule has 0 aromatic carbocycles. The van der Waals surface area contributed by atoms with Crippen LogP contribution in [-0.2, 0) is 17.8 Å². The van der Waals surface area contributed by atoms with Gasteiger partial charge in [0, 0.05) is 58.3 Å². The van der Waals surface area contributed by atoms with Gasteiger partial charge in [0.2, 0.25) is 0 Å². The molecule has 2 saturated heterocycles. The fraction of sp³-hybridized carbons (Fsp3) is 0.812. The van der Waals surface area contributed by atoms with Crippen LogP contribution in [0, 0.1) is 0 Å². The summed E-state index contributed by atoms with van der Waals surface area (Å²) in [5.74, 6) is 3.86. The molecule has 0 saturated carbocycles. The number of hydrogen-bond donors (Lipinski definition) is 0. The zero-order valence-corrected chi connectivity index (χ0v) is 14.4. The maximum Gasteiger partial charge on any atom is 0.122 e. The zero-order valence-electron chi connectivity index (χ0n) is 13.6. The van der Waals surface area contributed by atoms with Gasteiger partial charge in [-0.1, -0.05) is 0 Å². The van der Waals surface area contributed by atoms with Crippen LogP contribution in [0.1, 0.15) is 18.7 Å². The second-order valence-corrected chi connectivity index (χ2v) is 7.41. The number of thioether (sulfide) groups is 1. The van der Waals surface area contributed by atoms with Crippen molar-refractivity contribution >= 4 is 11.8 Å². The van der Waals surface area contributed by atoms with Gasteiger partial charge in [0.25, 0.3) is 0 Å². The summed E-state index contributed by atoms with van der Waals surface area (Å²) in [5, 5.41) is 0. The largest absolute Gasteiger partial charge is 0.383 e. The molecule has 5 nitrogen and oxygen atoms in total. The normalized spacial score (nSPS) is 22.2. The Morgan fingerprint density at radius 3 is 2.73 bits per heavy atom. The van der Waals surface area contributed by atoms with Crippen LogP contribution in [0.5, 0.6) is 0 Å². The topological polar surface area (TPSA) is 33.5 Å². The van der Waals surface area contributed by atoms with Crippen LogP contribution in [0.25, 0.3) is 0 Å². The Bertz CT molecular complexity index is 439. The Kier molecular flexibility index (Phi) is 6.18. The van der Waals surface area contributed by atoms with Crippen LogP contribution in [0.4, 0.5) is 0 Å². The number of nitrogens with zero attached hydrogens (tertiary/aromatic N) is 4. The van der Waals surface area contributed by atoms with Gasteiger partial charge >= 0.3 is 0 Å². The molecule has 1 aromatic heterocycles. The SMILES string of the molecule is COCCn1ccnc1CN1CCN(C2CCSCC2)CC1. The lowest BCUT2D eigenvalue weighted by molar-refractivity contribution is 0.0854. The minimum atomic E-state index is 0.747. The van der Waals surface area contributed by atoms with Gasteiger partial charge in [0.05, 0.1) is 13.2 Å². The number of hydrogen-bond acceptors (Lipinski definition) is 5. The van der Waals surface area contributed by atoms with E-state index in [-0.39, 0.29) is 0 Å². The van der Waals surface area contributed by atoms with E-state index in [0.717, 1.165) is 25.7 Å². The van der Waals surface area contributed by atoms with Crippen molar-refractivity contribution in [2.24, 2.45) is 0 Å². The van der Waals surface area contributed by atoms with Crippen LogP contribution in [0.15, 0.2) is 12.4 Å². The summed E-state index contributed by atoms with van der Waals surface area (Å²) in [6.07, 6.45) is 6.73. The molecule has 0 aliphatic carbocycles. The minimum absolute atomic E-state index is 0.747. The monoisotopic (exact) mass is 324 g/mol. The van der Waals surface area contributed by atoms with Gasteiger partial charge < -0.3 is 9.30 Å². The van der Waals surface area contributed by atoms with E-state index in [9.17, 15) is 0 Å². The van der Waals surface area contributed by atoms with Gasteiger partial charge in [-0.15, -0.1) is 0 Å². The zero-order chi connectivity index (χ0) is 15.2. The van der Waals surface area contributed by atoms with Crippen molar-refractivity contribution in [1.29, 1.82) is 0 Å². The molecule has 0 amide bonds. The van der Waals surface area contributed by atoms with Crippen molar-refractivity contribution in [3.05, 3.63) is 18.2 Å². The lowest BCUT2D eigenvalue weighted by Gasteiger charge is -2.40. The predicted molar refractivity (Wildman–Crippen MR) is 91.3 cm³/mol. The Morgan fingerprint density at radius 2 is 2.00 bits per heavy atom. The fourth-order valence-electron chi connectivity index (χ4n) is 3.42. The van der Waals surface area contributed by atoms with E-state index in [1.807, 2.05) is 6.20 Å². The third-order valence-electron chi connectivity index (χ3n) is 4.82. The molecule has 0 radical (unpaired) electrons. The molecule has 0 unspecified atom stereocenters. The Hall–Kier alpha value is -0.560. The first kappa shape index (κ1) is 16.3. The molecule has 0 spiro atoms. The van der Waals surface area contributed by atoms with Crippen LogP contribution in [-0.4, -0.2) is 76.8 Å². The summed E-state index contributed by atoms with van der Waals surface area (Å²) < 4.78 is 7.39. The van der Waals surface area contributed by atoms with Gasteiger partial charge in [0.1, 0.15) is 5.82 Å². The third-order valence-corrected chi connectivity index (χ3v) is 5.87. The van der Waals surface area contributed by atoms with Crippen LogP contribution < -0.4 is 0 Å². The maximum atomic E-state index is 5.17. The molecule has 6 heteroatoms. The van der Waals surface area contributed by atoms with Crippen LogP contribution in [0.2, 0.25) is 0 Å². The first-order valence-corrected chi connectivity index (χ1v) is 9.55. The van der Waals surface area contributed by atoms with E-state index in [4.69, 9.17) is 4.74 Å². The average molecular weight is 324 g/mol. The van der Waals surface area contributed by atoms with E-state index >= 15 is 0 Å². The summed E-state index contributed by atoms with van der Waals surface area (Å²) in [4.78, 5) is 9.78. The molecule has 2 fully saturated rings. The lowest BCUT2D eigenvalue weighted by atomic mass is 10.1. The summed E-state index contributed by atoms with van der Waals surface area (Å²) in [5.41, 5.74) is 0. The molecule has 3 heterocycles. The Morgan fingerprint density at radius 1 is 1.23 bits per heavy atom. The molecule has 3 rings (SSSR count). The quantitative estimate of drug-likeness (QED) is 0.793. The number of aromatic nitrogens is 2. The number of piperazine rings is 1. The average Bonchev–Trinajstić information content (AvgIpc) is 3.01. The predicted octanol–water partition coefficient (Wildman–Crippen LogP) is 1.54. The highest BCUT2D eigenvalue weighted by molar-refractivity contribution is 7.99. The van der Waals surface area contributed by atoms with Gasteiger partial charge in [-0.2, -0.15) is 11.8 Å². The smallest absolute Gasteiger partial charge is 0.122 e. The molecule has 124 valence electrons. The highest BCUT2D eigenvalue weighted by Gasteiger charge is 2.25. The number of methoxy groups -OCH3 is 1. The first-order chi connectivity index (χ1) is 10.9. The summed E-state index contributed by atoms with van der Waals surface area (Å²) in [6.45, 7) is 7.37. The molecule has 1 aromatic rings. The van der Waals surface area contributed by atoms with E-state index in [1.165, 1.54) is 56.4 Å². The maximum absolute atomic E-state index is 5.17. The van der Waals surface area contributed by atoms with Crippen LogP contribution in [0.3, 0.4) is 0 Å². The lowest BCUT2D eigenvalue weighted by Crippen LogP contribution is -2.51. The second kappa shape index (κ2) is 8.34. The Labute approximate surface area is 138 Å². The van der Waals surface area contributed by atoms with E-state index < -0.39 is 0 Å². The molecular weight excluding hydrogens is 296 g/mol. The van der Waals surface area contributed by atoms with Crippen molar-refractivity contribution in [3.63, 3.8) is 0 Å². The van der Waals surface area contributed by atoms with E-state index in [2.05, 4.69) is 37.3 Å². The number of ether oxygens (including phenoxy) is 1. The standard InChI is InChI=1S/C16H28N4OS/c1-21-11-10-20-5-4-17-16(20)14-18-6-8-19(9-7-18)15-2-12-22-13-3-15/h4-5,15H,2-3,6-14H2,1H3. The summed E-state index contributed by atoms with van der Waals surface area (Å²) >= 11 is 2.12. The molecule has 0 N–H and O–H groups in total. The van der Waals surface area contributed by atoms with Gasteiger partial charge in [-0.25, -0.2) is 4.98 Å². The van der Waals surface area contributed by atoms with Crippen molar-refractivity contribution in [1.82, 2.24) is 19.4 Å². The first-order valence-electron chi connectivity index (χ1n) is 8.40. The molecule has 0 atom stereocenters. The number of imidazole rings is 1. The summed E-state index contributed by atoms with van der Waals surface area (Å²) in [7, 11) is 1.75. The van der Waals surface area contributed by atoms with Crippen LogP contribution >= 0.6 is 11.8 Å². The molecular formula is C16H28N4OS. The van der Waals surface area contributed by atoms with Gasteiger partial charge in [0.15, 0.2) is 0 Å². The fourth-order valence-corrected chi connectivity index (χ4v) is 4.50. The Balaban J connectivity index is 1.46. The second-order valence-electron chi connectivity index (χ2n) is 6.19. The molecule has 2 aliphatic rings. The third kappa shape index (κ3) is 4.25. The van der Waals surface area contributed by atoms with Gasteiger partial charge in [-0.05, 0) is 24.3 Å².